The van der Waals surface area contributed by atoms with Gasteiger partial charge in [0.1, 0.15) is 0 Å². The zero-order valence-corrected chi connectivity index (χ0v) is 7.14. The maximum atomic E-state index is 9.34. The Labute approximate surface area is 60.7 Å². The molecule has 0 heterocycles. The Kier molecular flexibility index (Phi) is 14.8. The van der Waals surface area contributed by atoms with E-state index in [1.54, 1.807) is 0 Å². The molecule has 0 aromatic heterocycles. The molecular weight excluding hydrogens is 210 g/mol. The van der Waals surface area contributed by atoms with E-state index in [0.717, 1.165) is 0 Å². The van der Waals surface area contributed by atoms with Gasteiger partial charge in [0.2, 0.25) is 0 Å². The first-order chi connectivity index (χ1) is 3.13. The molecule has 0 aliphatic rings. The molecule has 0 fully saturated rings. The standard InChI is InChI=1S/2H3N.5O.2V/h2*1H3;;;;;;;. The summed E-state index contributed by atoms with van der Waals surface area (Å²) in [5.41, 5.74) is 0. The Morgan fingerprint density at radius 3 is 1.00 bits per heavy atom. The van der Waals surface area contributed by atoms with Crippen molar-refractivity contribution in [3.63, 3.8) is 0 Å². The van der Waals surface area contributed by atoms with Gasteiger partial charge >= 0.3 is 48.1 Å². The van der Waals surface area contributed by atoms with Gasteiger partial charge in [-0.05, 0) is 0 Å². The molecule has 0 aromatic rings. The van der Waals surface area contributed by atoms with Crippen molar-refractivity contribution in [2.75, 3.05) is 0 Å². The third-order valence-corrected chi connectivity index (χ3v) is 2.27. The van der Waals surface area contributed by atoms with Crippen LogP contribution in [0.5, 0.6) is 0 Å². The van der Waals surface area contributed by atoms with Crippen LogP contribution in [0.3, 0.4) is 0 Å². The second-order valence-corrected chi connectivity index (χ2v) is 3.23. The Morgan fingerprint density at radius 1 is 0.778 bits per heavy atom. The number of hydrogen-bond donors (Lipinski definition) is 2. The van der Waals surface area contributed by atoms with E-state index in [2.05, 4.69) is 2.59 Å². The molecule has 7 nitrogen and oxygen atoms in total. The average molecular weight is 216 g/mol. The molecule has 56 valence electrons. The fourth-order valence-electron chi connectivity index (χ4n) is 0.0544. The van der Waals surface area contributed by atoms with Gasteiger partial charge in [0.05, 0.1) is 0 Å². The second kappa shape index (κ2) is 8.25. The van der Waals surface area contributed by atoms with Gasteiger partial charge in [-0.1, -0.05) is 0 Å². The molecule has 0 aromatic carbocycles. The van der Waals surface area contributed by atoms with Gasteiger partial charge in [-0.25, -0.2) is 0 Å². The van der Waals surface area contributed by atoms with Crippen molar-refractivity contribution in [1.29, 1.82) is 0 Å². The first-order valence-electron chi connectivity index (χ1n) is 1.10. The van der Waals surface area contributed by atoms with Crippen molar-refractivity contribution >= 4 is 0 Å². The zero-order valence-electron chi connectivity index (χ0n) is 4.35. The van der Waals surface area contributed by atoms with E-state index in [1.807, 2.05) is 0 Å². The second-order valence-electron chi connectivity index (χ2n) is 0.529. The van der Waals surface area contributed by atoms with E-state index < -0.39 is 30.8 Å². The number of hydrogen-bond acceptors (Lipinski definition) is 7. The summed E-state index contributed by atoms with van der Waals surface area (Å²) < 4.78 is 40.7. The molecule has 0 rings (SSSR count). The van der Waals surface area contributed by atoms with E-state index in [9.17, 15) is 14.7 Å². The van der Waals surface area contributed by atoms with Gasteiger partial charge in [-0.3, -0.25) is 0 Å². The molecule has 0 unspecified atom stereocenters. The van der Waals surface area contributed by atoms with Crippen molar-refractivity contribution in [3.8, 4) is 0 Å². The molecule has 0 bridgehead atoms. The van der Waals surface area contributed by atoms with Crippen molar-refractivity contribution in [2.45, 2.75) is 0 Å². The van der Waals surface area contributed by atoms with E-state index in [-0.39, 0.29) is 12.3 Å². The molecule has 0 atom stereocenters. The van der Waals surface area contributed by atoms with Gasteiger partial charge in [0.25, 0.3) is 0 Å². The molecule has 0 aliphatic heterocycles. The maximum absolute atomic E-state index is 9.34. The van der Waals surface area contributed by atoms with Crippen molar-refractivity contribution in [3.05, 3.63) is 0 Å². The molecule has 6 N–H and O–H groups in total. The monoisotopic (exact) mass is 216 g/mol. The SMILES string of the molecule is N.N.[O]=[V](=[O])[O][V](=[O])=[O]. The molecule has 0 amide bonds. The summed E-state index contributed by atoms with van der Waals surface area (Å²) in [7, 11) is 0. The minimum absolute atomic E-state index is 0. The van der Waals surface area contributed by atoms with Crippen molar-refractivity contribution < 1.29 is 48.1 Å². The van der Waals surface area contributed by atoms with E-state index in [1.165, 1.54) is 0 Å². The summed E-state index contributed by atoms with van der Waals surface area (Å²) in [6.45, 7) is 0. The van der Waals surface area contributed by atoms with E-state index in [4.69, 9.17) is 0 Å². The summed E-state index contributed by atoms with van der Waals surface area (Å²) >= 11 is -7.69. The Balaban J connectivity index is -0.000000180. The third kappa shape index (κ3) is 17.8. The van der Waals surface area contributed by atoms with Crippen LogP contribution in [0, 0.1) is 0 Å². The fraction of sp³-hybridized carbons (Fsp3) is 0. The van der Waals surface area contributed by atoms with Gasteiger partial charge in [0.15, 0.2) is 0 Å². The quantitative estimate of drug-likeness (QED) is 0.647. The Hall–Kier alpha value is 0.249. The van der Waals surface area contributed by atoms with Gasteiger partial charge in [-0.15, -0.1) is 0 Å². The number of rotatable bonds is 2. The summed E-state index contributed by atoms with van der Waals surface area (Å²) in [5, 5.41) is 0. The zero-order chi connectivity index (χ0) is 5.86. The van der Waals surface area contributed by atoms with E-state index in [0.29, 0.717) is 0 Å². The molecule has 9 heteroatoms. The summed E-state index contributed by atoms with van der Waals surface area (Å²) in [6.07, 6.45) is 0. The van der Waals surface area contributed by atoms with Crippen LogP contribution in [-0.2, 0) is 48.1 Å². The predicted molar refractivity (Wildman–Crippen MR) is 13.9 cm³/mol. The molecule has 9 heavy (non-hydrogen) atoms. The van der Waals surface area contributed by atoms with Crippen LogP contribution < -0.4 is 12.3 Å². The molecular formula is H6N2O5V2. The van der Waals surface area contributed by atoms with Crippen LogP contribution >= 0.6 is 0 Å². The van der Waals surface area contributed by atoms with Gasteiger partial charge in [-0.2, -0.15) is 0 Å². The van der Waals surface area contributed by atoms with Crippen LogP contribution in [0.2, 0.25) is 0 Å². The Bertz CT molecular complexity index is 141. The normalized spacial score (nSPS) is 6.22. The van der Waals surface area contributed by atoms with Gasteiger partial charge < -0.3 is 12.3 Å². The molecule has 0 radical (unpaired) electrons. The van der Waals surface area contributed by atoms with Crippen molar-refractivity contribution in [2.24, 2.45) is 0 Å². The van der Waals surface area contributed by atoms with Crippen molar-refractivity contribution in [1.82, 2.24) is 12.3 Å². The van der Waals surface area contributed by atoms with Crippen LogP contribution in [-0.4, -0.2) is 0 Å². The summed E-state index contributed by atoms with van der Waals surface area (Å²) in [6, 6.07) is 0. The Morgan fingerprint density at radius 2 is 1.00 bits per heavy atom. The van der Waals surface area contributed by atoms with E-state index >= 15 is 0 Å². The minimum atomic E-state index is -3.84. The molecule has 0 aliphatic carbocycles. The molecule has 0 spiro atoms. The average Bonchev–Trinajstić information content (AvgIpc) is 1.27. The topological polar surface area (TPSA) is 148 Å². The van der Waals surface area contributed by atoms with Crippen LogP contribution in [0.1, 0.15) is 0 Å². The first-order valence-corrected chi connectivity index (χ1v) is 4.52. The molecule has 0 saturated carbocycles. The summed E-state index contributed by atoms with van der Waals surface area (Å²) in [5.74, 6) is 0. The predicted octanol–water partition coefficient (Wildman–Crippen LogP) is -0.225. The summed E-state index contributed by atoms with van der Waals surface area (Å²) in [4.78, 5) is 0. The van der Waals surface area contributed by atoms with Crippen LogP contribution in [0.25, 0.3) is 0 Å². The molecule has 0 saturated heterocycles. The third-order valence-electron chi connectivity index (χ3n) is 0.133. The first kappa shape index (κ1) is 16.1. The fourth-order valence-corrected chi connectivity index (χ4v) is 0.925. The van der Waals surface area contributed by atoms with Gasteiger partial charge in [0, 0.05) is 0 Å². The van der Waals surface area contributed by atoms with Crippen LogP contribution in [0.4, 0.5) is 0 Å². The van der Waals surface area contributed by atoms with Crippen LogP contribution in [0.15, 0.2) is 0 Å².